The van der Waals surface area contributed by atoms with E-state index in [1.165, 1.54) is 6.07 Å². The Morgan fingerprint density at radius 3 is 2.22 bits per heavy atom. The Morgan fingerprint density at radius 2 is 1.63 bits per heavy atom. The summed E-state index contributed by atoms with van der Waals surface area (Å²) in [6.45, 7) is 7.21. The van der Waals surface area contributed by atoms with Gasteiger partial charge in [0.05, 0.1) is 5.56 Å². The lowest BCUT2D eigenvalue weighted by Gasteiger charge is -2.35. The van der Waals surface area contributed by atoms with Gasteiger partial charge in [-0.15, -0.1) is 10.2 Å². The van der Waals surface area contributed by atoms with Crippen LogP contribution < -0.4 is 10.1 Å². The van der Waals surface area contributed by atoms with Crippen LogP contribution in [0.4, 0.5) is 0 Å². The molecule has 1 aromatic heterocycles. The van der Waals surface area contributed by atoms with Crippen molar-refractivity contribution in [2.75, 3.05) is 26.7 Å². The highest BCUT2D eigenvalue weighted by molar-refractivity contribution is 5.94. The van der Waals surface area contributed by atoms with Crippen LogP contribution in [0.25, 0.3) is 17.1 Å². The molecule has 1 aliphatic rings. The van der Waals surface area contributed by atoms with Gasteiger partial charge < -0.3 is 30.1 Å². The molecule has 0 radical (unpaired) electrons. The normalized spacial score (nSPS) is 13.5. The van der Waals surface area contributed by atoms with Crippen molar-refractivity contribution in [1.82, 2.24) is 29.9 Å². The number of nitrogens with zero attached hydrogens (tertiary/aromatic N) is 5. The van der Waals surface area contributed by atoms with Crippen LogP contribution in [0, 0.1) is 0 Å². The van der Waals surface area contributed by atoms with Crippen LogP contribution >= 0.6 is 0 Å². The first kappa shape index (κ1) is 32.0. The zero-order chi connectivity index (χ0) is 33.0. The van der Waals surface area contributed by atoms with Crippen molar-refractivity contribution in [2.45, 2.75) is 45.6 Å². The third-order valence-corrected chi connectivity index (χ3v) is 8.14. The van der Waals surface area contributed by atoms with Gasteiger partial charge in [-0.1, -0.05) is 13.8 Å². The monoisotopic (exact) mass is 626 g/mol. The average molecular weight is 627 g/mol. The Bertz CT molecular complexity index is 1710. The van der Waals surface area contributed by atoms with Gasteiger partial charge in [0.15, 0.2) is 5.82 Å². The Balaban J connectivity index is 1.35. The molecule has 46 heavy (non-hydrogen) atoms. The molecule has 0 aliphatic carbocycles. The first-order chi connectivity index (χ1) is 22.1. The molecule has 5 rings (SSSR count). The molecular weight excluding hydrogens is 588 g/mol. The molecule has 12 nitrogen and oxygen atoms in total. The molecule has 1 fully saturated rings. The summed E-state index contributed by atoms with van der Waals surface area (Å²) in [6.07, 6.45) is 2.32. The van der Waals surface area contributed by atoms with E-state index in [2.05, 4.69) is 15.5 Å². The summed E-state index contributed by atoms with van der Waals surface area (Å²) in [5.41, 5.74) is 2.04. The average Bonchev–Trinajstić information content (AvgIpc) is 3.50. The van der Waals surface area contributed by atoms with Gasteiger partial charge in [-0.25, -0.2) is 0 Å². The summed E-state index contributed by atoms with van der Waals surface area (Å²) in [6, 6.07) is 17.0. The number of likely N-dealkylation sites (tertiary alicyclic amines) is 1. The molecule has 2 heterocycles. The van der Waals surface area contributed by atoms with Gasteiger partial charge in [0, 0.05) is 50.0 Å². The second-order valence-corrected chi connectivity index (χ2v) is 11.5. The van der Waals surface area contributed by atoms with Crippen molar-refractivity contribution in [1.29, 1.82) is 0 Å². The van der Waals surface area contributed by atoms with E-state index in [9.17, 15) is 24.6 Å². The van der Waals surface area contributed by atoms with E-state index in [-0.39, 0.29) is 41.0 Å². The summed E-state index contributed by atoms with van der Waals surface area (Å²) in [5, 5.41) is 32.2. The molecular formula is C34H38N6O6. The SMILES string of the molecule is CCNC(=O)c1nnc(-c2cc(C(C)C)c(O)cc2O)n1-c1ccc(Oc2ccc(C(=O)N3CCC(N(C)C=O)CC3)cc2)cc1. The number of phenolic OH excluding ortho intramolecular Hbond substituents is 2. The highest BCUT2D eigenvalue weighted by Crippen LogP contribution is 2.38. The number of aromatic nitrogens is 3. The van der Waals surface area contributed by atoms with Gasteiger partial charge >= 0.3 is 0 Å². The van der Waals surface area contributed by atoms with Crippen LogP contribution in [0.3, 0.4) is 0 Å². The molecule has 0 saturated carbocycles. The fourth-order valence-corrected chi connectivity index (χ4v) is 5.54. The van der Waals surface area contributed by atoms with Crippen LogP contribution in [0.2, 0.25) is 0 Å². The fourth-order valence-electron chi connectivity index (χ4n) is 5.54. The molecule has 4 aromatic rings. The molecule has 0 spiro atoms. The molecule has 0 bridgehead atoms. The van der Waals surface area contributed by atoms with Crippen LogP contribution in [-0.2, 0) is 4.79 Å². The molecule has 3 aromatic carbocycles. The van der Waals surface area contributed by atoms with Crippen molar-refractivity contribution in [3.05, 3.63) is 77.6 Å². The standard InChI is InChI=1S/C34H38N6O6/c1-5-35-33(44)32-37-36-31(28-18-27(21(2)3)29(42)19-30(28)43)40(32)24-8-12-26(13-9-24)46-25-10-6-22(7-11-25)34(45)39-16-14-23(15-17-39)38(4)20-41/h6-13,18-21,23,42-43H,5,14-17H2,1-4H3,(H,35,44). The van der Waals surface area contributed by atoms with Crippen molar-refractivity contribution in [2.24, 2.45) is 0 Å². The van der Waals surface area contributed by atoms with Crippen molar-refractivity contribution in [3.63, 3.8) is 0 Å². The molecule has 1 saturated heterocycles. The Hall–Kier alpha value is -5.39. The van der Waals surface area contributed by atoms with Crippen molar-refractivity contribution in [3.8, 4) is 40.1 Å². The Kier molecular flexibility index (Phi) is 9.55. The predicted molar refractivity (Wildman–Crippen MR) is 171 cm³/mol. The summed E-state index contributed by atoms with van der Waals surface area (Å²) in [5.74, 6) is 0.568. The van der Waals surface area contributed by atoms with E-state index in [4.69, 9.17) is 4.74 Å². The van der Waals surface area contributed by atoms with E-state index in [0.29, 0.717) is 53.5 Å². The van der Waals surface area contributed by atoms with Crippen LogP contribution in [0.5, 0.6) is 23.0 Å². The number of aromatic hydroxyl groups is 2. The highest BCUT2D eigenvalue weighted by atomic mass is 16.5. The number of hydrogen-bond acceptors (Lipinski definition) is 8. The minimum atomic E-state index is -0.434. The number of ether oxygens (including phenoxy) is 1. The van der Waals surface area contributed by atoms with Gasteiger partial charge in [-0.2, -0.15) is 0 Å². The van der Waals surface area contributed by atoms with Crippen LogP contribution in [0.1, 0.15) is 66.1 Å². The molecule has 12 heteroatoms. The quantitative estimate of drug-likeness (QED) is 0.214. The Labute approximate surface area is 267 Å². The maximum absolute atomic E-state index is 13.0. The summed E-state index contributed by atoms with van der Waals surface area (Å²) < 4.78 is 7.58. The summed E-state index contributed by atoms with van der Waals surface area (Å²) >= 11 is 0. The van der Waals surface area contributed by atoms with Crippen molar-refractivity contribution < 1.29 is 29.3 Å². The number of carbonyl (C=O) groups excluding carboxylic acids is 3. The third-order valence-electron chi connectivity index (χ3n) is 8.14. The van der Waals surface area contributed by atoms with Gasteiger partial charge in [0.2, 0.25) is 12.2 Å². The third kappa shape index (κ3) is 6.65. The van der Waals surface area contributed by atoms with Gasteiger partial charge in [0.1, 0.15) is 23.0 Å². The second kappa shape index (κ2) is 13.7. The molecule has 240 valence electrons. The zero-order valence-electron chi connectivity index (χ0n) is 26.3. The zero-order valence-corrected chi connectivity index (χ0v) is 26.3. The number of piperidine rings is 1. The molecule has 0 atom stereocenters. The largest absolute Gasteiger partial charge is 0.508 e. The maximum Gasteiger partial charge on any atom is 0.289 e. The first-order valence-electron chi connectivity index (χ1n) is 15.3. The van der Waals surface area contributed by atoms with Crippen LogP contribution in [-0.4, -0.2) is 85.7 Å². The van der Waals surface area contributed by atoms with E-state index in [1.54, 1.807) is 82.9 Å². The highest BCUT2D eigenvalue weighted by Gasteiger charge is 2.26. The van der Waals surface area contributed by atoms with Gasteiger partial charge in [-0.05, 0) is 85.8 Å². The summed E-state index contributed by atoms with van der Waals surface area (Å²) in [4.78, 5) is 40.5. The van der Waals surface area contributed by atoms with E-state index in [1.807, 2.05) is 13.8 Å². The van der Waals surface area contributed by atoms with E-state index < -0.39 is 5.91 Å². The number of nitrogens with one attached hydrogen (secondary N) is 1. The number of phenols is 2. The molecule has 3 amide bonds. The smallest absolute Gasteiger partial charge is 0.289 e. The van der Waals surface area contributed by atoms with Gasteiger partial charge in [0.25, 0.3) is 11.8 Å². The van der Waals surface area contributed by atoms with E-state index >= 15 is 0 Å². The maximum atomic E-state index is 13.0. The lowest BCUT2D eigenvalue weighted by molar-refractivity contribution is -0.119. The number of benzene rings is 3. The van der Waals surface area contributed by atoms with Crippen LogP contribution in [0.15, 0.2) is 60.7 Å². The summed E-state index contributed by atoms with van der Waals surface area (Å²) in [7, 11) is 1.77. The second-order valence-electron chi connectivity index (χ2n) is 11.5. The Morgan fingerprint density at radius 1 is 1.00 bits per heavy atom. The van der Waals surface area contributed by atoms with Crippen molar-refractivity contribution >= 4 is 18.2 Å². The minimum absolute atomic E-state index is 0.0313. The van der Waals surface area contributed by atoms with E-state index in [0.717, 1.165) is 19.3 Å². The number of rotatable bonds is 10. The first-order valence-corrected chi connectivity index (χ1v) is 15.3. The molecule has 3 N–H and O–H groups in total. The lowest BCUT2D eigenvalue weighted by Crippen LogP contribution is -2.45. The molecule has 0 unspecified atom stereocenters. The minimum Gasteiger partial charge on any atom is -0.508 e. The number of hydrogen-bond donors (Lipinski definition) is 3. The number of amides is 3. The predicted octanol–water partition coefficient (Wildman–Crippen LogP) is 4.70. The fraction of sp³-hybridized carbons (Fsp3) is 0.324. The molecule has 1 aliphatic heterocycles. The topological polar surface area (TPSA) is 150 Å². The lowest BCUT2D eigenvalue weighted by atomic mass is 9.98. The van der Waals surface area contributed by atoms with Gasteiger partial charge in [-0.3, -0.25) is 19.0 Å². The number of carbonyl (C=O) groups is 3.